The maximum Gasteiger partial charge on any atom is 0.259 e. The van der Waals surface area contributed by atoms with E-state index in [2.05, 4.69) is 6.58 Å². The molecule has 1 amide bonds. The van der Waals surface area contributed by atoms with Gasteiger partial charge in [-0.15, -0.1) is 6.58 Å². The molecule has 140 valence electrons. The number of carbonyl (C=O) groups is 1. The highest BCUT2D eigenvalue weighted by molar-refractivity contribution is 6.12. The zero-order valence-corrected chi connectivity index (χ0v) is 15.5. The highest BCUT2D eigenvalue weighted by Gasteiger charge is 2.36. The molecule has 27 heavy (non-hydrogen) atoms. The lowest BCUT2D eigenvalue weighted by Crippen LogP contribution is -2.26. The molecule has 2 aliphatic rings. The van der Waals surface area contributed by atoms with Crippen LogP contribution in [0.3, 0.4) is 0 Å². The van der Waals surface area contributed by atoms with Crippen molar-refractivity contribution < 1.29 is 14.3 Å². The van der Waals surface area contributed by atoms with E-state index in [1.807, 2.05) is 30.3 Å². The Morgan fingerprint density at radius 1 is 1.15 bits per heavy atom. The summed E-state index contributed by atoms with van der Waals surface area (Å²) in [7, 11) is 1.63. The molecule has 0 spiro atoms. The van der Waals surface area contributed by atoms with Crippen LogP contribution < -0.4 is 20.1 Å². The Kier molecular flexibility index (Phi) is 4.52. The first-order valence-electron chi connectivity index (χ1n) is 9.32. The molecule has 5 nitrogen and oxygen atoms in total. The number of nitrogens with two attached hydrogens (primary N) is 1. The first kappa shape index (κ1) is 17.5. The van der Waals surface area contributed by atoms with Crippen LogP contribution in [0.25, 0.3) is 0 Å². The number of amides is 1. The lowest BCUT2D eigenvalue weighted by Gasteiger charge is -2.24. The van der Waals surface area contributed by atoms with Crippen LogP contribution in [0, 0.1) is 0 Å². The van der Waals surface area contributed by atoms with Crippen LogP contribution in [0.1, 0.15) is 47.6 Å². The molecular formula is C22H24N2O3. The third-order valence-corrected chi connectivity index (χ3v) is 5.37. The van der Waals surface area contributed by atoms with Crippen LogP contribution in [0.2, 0.25) is 0 Å². The zero-order valence-electron chi connectivity index (χ0n) is 15.5. The molecule has 1 aliphatic heterocycles. The molecule has 0 aromatic heterocycles. The molecule has 1 aliphatic carbocycles. The van der Waals surface area contributed by atoms with Gasteiger partial charge in [-0.1, -0.05) is 12.1 Å². The Morgan fingerprint density at radius 3 is 2.63 bits per heavy atom. The number of carbonyl (C=O) groups excluding carboxylic acids is 1. The molecule has 1 heterocycles. The minimum absolute atomic E-state index is 0.0841. The number of fused-ring (bicyclic) bond motifs is 1. The molecule has 0 saturated heterocycles. The van der Waals surface area contributed by atoms with Crippen molar-refractivity contribution in [1.29, 1.82) is 0 Å². The van der Waals surface area contributed by atoms with E-state index in [4.69, 9.17) is 15.2 Å². The summed E-state index contributed by atoms with van der Waals surface area (Å²) in [5, 5.41) is 0. The highest BCUT2D eigenvalue weighted by Crippen LogP contribution is 2.42. The van der Waals surface area contributed by atoms with E-state index >= 15 is 0 Å². The number of nitrogens with zero attached hydrogens (tertiary/aromatic N) is 1. The molecule has 1 atom stereocenters. The van der Waals surface area contributed by atoms with Gasteiger partial charge in [0.2, 0.25) is 0 Å². The van der Waals surface area contributed by atoms with Crippen LogP contribution in [0.5, 0.6) is 11.5 Å². The largest absolute Gasteiger partial charge is 0.493 e. The smallest absolute Gasteiger partial charge is 0.259 e. The molecule has 0 bridgehead atoms. The Labute approximate surface area is 159 Å². The SMILES string of the molecule is C=CC1c2ccc(N)cc2C(=O)N1c1ccc(OC)c(OC2CCCC2)c1. The number of rotatable bonds is 5. The third-order valence-electron chi connectivity index (χ3n) is 5.37. The number of anilines is 2. The Bertz CT molecular complexity index is 887. The summed E-state index contributed by atoms with van der Waals surface area (Å²) >= 11 is 0. The maximum absolute atomic E-state index is 13.1. The summed E-state index contributed by atoms with van der Waals surface area (Å²) in [6, 6.07) is 10.8. The van der Waals surface area contributed by atoms with Crippen molar-refractivity contribution in [3.8, 4) is 11.5 Å². The standard InChI is InChI=1S/C22H24N2O3/c1-3-19-17-10-8-14(23)12-18(17)22(25)24(19)15-9-11-20(26-2)21(13-15)27-16-6-4-5-7-16/h3,8-13,16,19H,1,4-7,23H2,2H3. The topological polar surface area (TPSA) is 64.8 Å². The average molecular weight is 364 g/mol. The summed E-state index contributed by atoms with van der Waals surface area (Å²) in [5.41, 5.74) is 8.75. The Hall–Kier alpha value is -2.95. The molecule has 5 heteroatoms. The second kappa shape index (κ2) is 6.99. The van der Waals surface area contributed by atoms with Crippen molar-refractivity contribution in [3.05, 3.63) is 60.2 Å². The van der Waals surface area contributed by atoms with Gasteiger partial charge < -0.3 is 15.2 Å². The van der Waals surface area contributed by atoms with Gasteiger partial charge in [-0.3, -0.25) is 9.69 Å². The van der Waals surface area contributed by atoms with Crippen molar-refractivity contribution in [1.82, 2.24) is 0 Å². The van der Waals surface area contributed by atoms with Crippen LogP contribution in [0.15, 0.2) is 49.1 Å². The summed E-state index contributed by atoms with van der Waals surface area (Å²) in [6.45, 7) is 3.93. The lowest BCUT2D eigenvalue weighted by atomic mass is 10.0. The zero-order chi connectivity index (χ0) is 19.0. The molecule has 2 aromatic rings. The average Bonchev–Trinajstić information content (AvgIpc) is 3.28. The molecule has 2 N–H and O–H groups in total. The lowest BCUT2D eigenvalue weighted by molar-refractivity contribution is 0.0994. The van der Waals surface area contributed by atoms with Gasteiger partial charge in [0, 0.05) is 23.0 Å². The number of hydrogen-bond acceptors (Lipinski definition) is 4. The fourth-order valence-electron chi connectivity index (χ4n) is 4.02. The predicted octanol–water partition coefficient (Wildman–Crippen LogP) is 4.49. The van der Waals surface area contributed by atoms with E-state index < -0.39 is 0 Å². The van der Waals surface area contributed by atoms with Crippen LogP contribution >= 0.6 is 0 Å². The number of ether oxygens (including phenoxy) is 2. The highest BCUT2D eigenvalue weighted by atomic mass is 16.5. The predicted molar refractivity (Wildman–Crippen MR) is 106 cm³/mol. The van der Waals surface area contributed by atoms with Gasteiger partial charge in [-0.25, -0.2) is 0 Å². The van der Waals surface area contributed by atoms with Gasteiger partial charge in [0.05, 0.1) is 19.3 Å². The van der Waals surface area contributed by atoms with Crippen LogP contribution in [0.4, 0.5) is 11.4 Å². The van der Waals surface area contributed by atoms with E-state index in [0.717, 1.165) is 24.1 Å². The molecule has 0 radical (unpaired) electrons. The van der Waals surface area contributed by atoms with Crippen molar-refractivity contribution >= 4 is 17.3 Å². The van der Waals surface area contributed by atoms with Gasteiger partial charge in [-0.2, -0.15) is 0 Å². The van der Waals surface area contributed by atoms with E-state index in [9.17, 15) is 4.79 Å². The first-order valence-corrected chi connectivity index (χ1v) is 9.32. The Morgan fingerprint density at radius 2 is 1.93 bits per heavy atom. The normalized spacial score (nSPS) is 19.2. The van der Waals surface area contributed by atoms with Crippen molar-refractivity contribution in [2.24, 2.45) is 0 Å². The fraction of sp³-hybridized carbons (Fsp3) is 0.318. The number of hydrogen-bond donors (Lipinski definition) is 1. The van der Waals surface area contributed by atoms with Crippen molar-refractivity contribution in [2.75, 3.05) is 17.7 Å². The van der Waals surface area contributed by atoms with Gasteiger partial charge >= 0.3 is 0 Å². The van der Waals surface area contributed by atoms with Gasteiger partial charge in [0.15, 0.2) is 11.5 Å². The molecule has 4 rings (SSSR count). The van der Waals surface area contributed by atoms with Crippen molar-refractivity contribution in [2.45, 2.75) is 37.8 Å². The minimum Gasteiger partial charge on any atom is -0.493 e. The summed E-state index contributed by atoms with van der Waals surface area (Å²) in [4.78, 5) is 14.8. The van der Waals surface area contributed by atoms with Gasteiger partial charge in [0.1, 0.15) is 0 Å². The minimum atomic E-state index is -0.235. The van der Waals surface area contributed by atoms with Gasteiger partial charge in [0.25, 0.3) is 5.91 Å². The fourth-order valence-corrected chi connectivity index (χ4v) is 4.02. The summed E-state index contributed by atoms with van der Waals surface area (Å²) in [6.07, 6.45) is 6.46. The van der Waals surface area contributed by atoms with E-state index in [-0.39, 0.29) is 18.1 Å². The van der Waals surface area contributed by atoms with E-state index in [1.165, 1.54) is 12.8 Å². The van der Waals surface area contributed by atoms with Crippen LogP contribution in [-0.2, 0) is 0 Å². The summed E-state index contributed by atoms with van der Waals surface area (Å²) in [5.74, 6) is 1.27. The summed E-state index contributed by atoms with van der Waals surface area (Å²) < 4.78 is 11.7. The maximum atomic E-state index is 13.1. The molecule has 1 fully saturated rings. The quantitative estimate of drug-likeness (QED) is 0.627. The molecule has 1 saturated carbocycles. The van der Waals surface area contributed by atoms with E-state index in [1.54, 1.807) is 24.2 Å². The molecular weight excluding hydrogens is 340 g/mol. The molecule has 1 unspecified atom stereocenters. The van der Waals surface area contributed by atoms with Crippen LogP contribution in [-0.4, -0.2) is 19.1 Å². The van der Waals surface area contributed by atoms with Gasteiger partial charge in [-0.05, 0) is 55.5 Å². The number of benzene rings is 2. The van der Waals surface area contributed by atoms with E-state index in [0.29, 0.717) is 22.7 Å². The first-order chi connectivity index (χ1) is 13.1. The third kappa shape index (κ3) is 3.03. The van der Waals surface area contributed by atoms with Crippen molar-refractivity contribution in [3.63, 3.8) is 0 Å². The second-order valence-electron chi connectivity index (χ2n) is 7.06. The second-order valence-corrected chi connectivity index (χ2v) is 7.06. The Balaban J connectivity index is 1.72. The number of methoxy groups -OCH3 is 1. The number of nitrogen functional groups attached to an aromatic ring is 1. The molecule has 2 aromatic carbocycles. The monoisotopic (exact) mass is 364 g/mol.